The van der Waals surface area contributed by atoms with E-state index in [0.29, 0.717) is 5.69 Å². The molecule has 4 heteroatoms. The molecule has 0 atom stereocenters. The number of hydrogen-bond acceptors (Lipinski definition) is 2. The molecular weight excluding hydrogens is 219 g/mol. The molecule has 2 rings (SSSR count). The zero-order valence-electron chi connectivity index (χ0n) is 9.27. The van der Waals surface area contributed by atoms with Crippen LogP contribution < -0.4 is 5.32 Å². The Morgan fingerprint density at radius 2 is 2.00 bits per heavy atom. The van der Waals surface area contributed by atoms with E-state index in [1.807, 2.05) is 6.92 Å². The molecule has 1 heterocycles. The highest BCUT2D eigenvalue weighted by Crippen LogP contribution is 2.11. The summed E-state index contributed by atoms with van der Waals surface area (Å²) in [6.07, 6.45) is 1.54. The number of hydrogen-bond donors (Lipinski definition) is 1. The lowest BCUT2D eigenvalue weighted by Crippen LogP contribution is -2.13. The summed E-state index contributed by atoms with van der Waals surface area (Å²) in [5.41, 5.74) is 1.42. The van der Waals surface area contributed by atoms with Crippen molar-refractivity contribution in [1.82, 2.24) is 4.98 Å². The number of benzene rings is 1. The first-order valence-corrected chi connectivity index (χ1v) is 5.15. The number of carbonyl (C=O) groups is 1. The molecule has 0 spiro atoms. The van der Waals surface area contributed by atoms with Crippen LogP contribution in [0.5, 0.6) is 0 Å². The van der Waals surface area contributed by atoms with E-state index in [9.17, 15) is 9.18 Å². The van der Waals surface area contributed by atoms with Gasteiger partial charge >= 0.3 is 0 Å². The van der Waals surface area contributed by atoms with Crippen LogP contribution >= 0.6 is 0 Å². The SMILES string of the molecule is Cc1ccc(NC(=O)c2ccccc2F)cn1. The summed E-state index contributed by atoms with van der Waals surface area (Å²) < 4.78 is 13.3. The number of aromatic nitrogens is 1. The van der Waals surface area contributed by atoms with E-state index in [2.05, 4.69) is 10.3 Å². The second-order valence-corrected chi connectivity index (χ2v) is 3.62. The highest BCUT2D eigenvalue weighted by molar-refractivity contribution is 6.04. The summed E-state index contributed by atoms with van der Waals surface area (Å²) >= 11 is 0. The number of amides is 1. The number of anilines is 1. The highest BCUT2D eigenvalue weighted by atomic mass is 19.1. The Kier molecular flexibility index (Phi) is 3.14. The van der Waals surface area contributed by atoms with Crippen LogP contribution in [0.15, 0.2) is 42.6 Å². The summed E-state index contributed by atoms with van der Waals surface area (Å²) in [4.78, 5) is 15.8. The van der Waals surface area contributed by atoms with Crippen molar-refractivity contribution in [3.05, 3.63) is 59.7 Å². The fraction of sp³-hybridized carbons (Fsp3) is 0.0769. The summed E-state index contributed by atoms with van der Waals surface area (Å²) in [5.74, 6) is -1.01. The molecule has 0 saturated carbocycles. The lowest BCUT2D eigenvalue weighted by molar-refractivity contribution is 0.102. The molecule has 17 heavy (non-hydrogen) atoms. The monoisotopic (exact) mass is 230 g/mol. The molecule has 0 unspecified atom stereocenters. The third-order valence-electron chi connectivity index (χ3n) is 2.29. The van der Waals surface area contributed by atoms with Gasteiger partial charge in [-0.15, -0.1) is 0 Å². The van der Waals surface area contributed by atoms with Gasteiger partial charge in [0.25, 0.3) is 5.91 Å². The fourth-order valence-corrected chi connectivity index (χ4v) is 1.39. The lowest BCUT2D eigenvalue weighted by Gasteiger charge is -2.05. The fourth-order valence-electron chi connectivity index (χ4n) is 1.39. The maximum absolute atomic E-state index is 13.3. The highest BCUT2D eigenvalue weighted by Gasteiger charge is 2.10. The normalized spacial score (nSPS) is 10.0. The van der Waals surface area contributed by atoms with Crippen molar-refractivity contribution in [3.63, 3.8) is 0 Å². The lowest BCUT2D eigenvalue weighted by atomic mass is 10.2. The van der Waals surface area contributed by atoms with Gasteiger partial charge in [0, 0.05) is 5.69 Å². The van der Waals surface area contributed by atoms with Gasteiger partial charge in [-0.2, -0.15) is 0 Å². The van der Waals surface area contributed by atoms with Crippen LogP contribution in [-0.4, -0.2) is 10.9 Å². The average Bonchev–Trinajstić information content (AvgIpc) is 2.32. The first-order valence-electron chi connectivity index (χ1n) is 5.15. The van der Waals surface area contributed by atoms with Crippen molar-refractivity contribution in [2.45, 2.75) is 6.92 Å². The average molecular weight is 230 g/mol. The molecule has 1 aromatic carbocycles. The molecule has 0 bridgehead atoms. The number of nitrogens with one attached hydrogen (secondary N) is 1. The van der Waals surface area contributed by atoms with E-state index in [1.54, 1.807) is 24.3 Å². The Hall–Kier alpha value is -2.23. The molecular formula is C13H11FN2O. The van der Waals surface area contributed by atoms with Gasteiger partial charge in [-0.1, -0.05) is 12.1 Å². The Bertz CT molecular complexity index is 537. The third kappa shape index (κ3) is 2.66. The van der Waals surface area contributed by atoms with Gasteiger partial charge in [0.05, 0.1) is 17.4 Å². The minimum absolute atomic E-state index is 0.0214. The number of halogens is 1. The molecule has 0 aliphatic heterocycles. The zero-order valence-corrected chi connectivity index (χ0v) is 9.27. The first-order chi connectivity index (χ1) is 8.16. The van der Waals surface area contributed by atoms with Crippen LogP contribution in [0, 0.1) is 12.7 Å². The van der Waals surface area contributed by atoms with Gasteiger partial charge in [0.15, 0.2) is 0 Å². The van der Waals surface area contributed by atoms with Gasteiger partial charge in [-0.05, 0) is 31.2 Å². The van der Waals surface area contributed by atoms with Gasteiger partial charge in [-0.25, -0.2) is 4.39 Å². The Balaban J connectivity index is 2.17. The largest absolute Gasteiger partial charge is 0.320 e. The number of carbonyl (C=O) groups excluding carboxylic acids is 1. The molecule has 3 nitrogen and oxygen atoms in total. The maximum atomic E-state index is 13.3. The van der Waals surface area contributed by atoms with E-state index >= 15 is 0 Å². The van der Waals surface area contributed by atoms with Gasteiger partial charge in [0.2, 0.25) is 0 Å². The summed E-state index contributed by atoms with van der Waals surface area (Å²) in [7, 11) is 0. The van der Waals surface area contributed by atoms with Crippen LogP contribution in [0.1, 0.15) is 16.1 Å². The standard InChI is InChI=1S/C13H11FN2O/c1-9-6-7-10(8-15-9)16-13(17)11-4-2-3-5-12(11)14/h2-8H,1H3,(H,16,17). The van der Waals surface area contributed by atoms with E-state index in [0.717, 1.165) is 5.69 Å². The molecule has 1 aromatic heterocycles. The second-order valence-electron chi connectivity index (χ2n) is 3.62. The predicted molar refractivity (Wildman–Crippen MR) is 63.3 cm³/mol. The quantitative estimate of drug-likeness (QED) is 0.861. The van der Waals surface area contributed by atoms with E-state index in [4.69, 9.17) is 0 Å². The minimum Gasteiger partial charge on any atom is -0.320 e. The Labute approximate surface area is 98.3 Å². The second kappa shape index (κ2) is 4.74. The molecule has 2 aromatic rings. The van der Waals surface area contributed by atoms with Crippen molar-refractivity contribution >= 4 is 11.6 Å². The van der Waals surface area contributed by atoms with E-state index < -0.39 is 11.7 Å². The molecule has 86 valence electrons. The Morgan fingerprint density at radius 1 is 1.24 bits per heavy atom. The van der Waals surface area contributed by atoms with Crippen LogP contribution in [0.3, 0.4) is 0 Å². The molecule has 1 amide bonds. The molecule has 0 aliphatic carbocycles. The van der Waals surface area contributed by atoms with Crippen LogP contribution in [0.25, 0.3) is 0 Å². The van der Waals surface area contributed by atoms with Gasteiger partial charge in [0.1, 0.15) is 5.82 Å². The van der Waals surface area contributed by atoms with Crippen molar-refractivity contribution in [1.29, 1.82) is 0 Å². The van der Waals surface area contributed by atoms with Gasteiger partial charge < -0.3 is 5.32 Å². The van der Waals surface area contributed by atoms with Crippen molar-refractivity contribution in [3.8, 4) is 0 Å². The van der Waals surface area contributed by atoms with Crippen molar-refractivity contribution in [2.24, 2.45) is 0 Å². The van der Waals surface area contributed by atoms with E-state index in [1.165, 1.54) is 18.3 Å². The molecule has 0 aliphatic rings. The van der Waals surface area contributed by atoms with Crippen molar-refractivity contribution in [2.75, 3.05) is 5.32 Å². The molecule has 1 N–H and O–H groups in total. The smallest absolute Gasteiger partial charge is 0.258 e. The van der Waals surface area contributed by atoms with Crippen LogP contribution in [0.2, 0.25) is 0 Å². The van der Waals surface area contributed by atoms with E-state index in [-0.39, 0.29) is 5.56 Å². The number of aryl methyl sites for hydroxylation is 1. The minimum atomic E-state index is -0.537. The third-order valence-corrected chi connectivity index (χ3v) is 2.29. The zero-order chi connectivity index (χ0) is 12.3. The van der Waals surface area contributed by atoms with Crippen LogP contribution in [0.4, 0.5) is 10.1 Å². The first kappa shape index (κ1) is 11.3. The predicted octanol–water partition coefficient (Wildman–Crippen LogP) is 2.78. The molecule has 0 fully saturated rings. The molecule has 0 radical (unpaired) electrons. The van der Waals surface area contributed by atoms with Crippen LogP contribution in [-0.2, 0) is 0 Å². The number of nitrogens with zero attached hydrogens (tertiary/aromatic N) is 1. The molecule has 0 saturated heterocycles. The maximum Gasteiger partial charge on any atom is 0.258 e. The van der Waals surface area contributed by atoms with Gasteiger partial charge in [-0.3, -0.25) is 9.78 Å². The number of pyridine rings is 1. The summed E-state index contributed by atoms with van der Waals surface area (Å²) in [5, 5.41) is 2.58. The summed E-state index contributed by atoms with van der Waals surface area (Å²) in [6.45, 7) is 1.85. The Morgan fingerprint density at radius 3 is 2.65 bits per heavy atom. The topological polar surface area (TPSA) is 42.0 Å². The number of rotatable bonds is 2. The summed E-state index contributed by atoms with van der Waals surface area (Å²) in [6, 6.07) is 9.34. The van der Waals surface area contributed by atoms with Crippen molar-refractivity contribution < 1.29 is 9.18 Å².